The maximum absolute atomic E-state index is 12.2. The molecule has 0 rings (SSSR count). The summed E-state index contributed by atoms with van der Waals surface area (Å²) < 4.78 is 0. The van der Waals surface area contributed by atoms with E-state index >= 15 is 0 Å². The molecule has 2 nitrogen and oxygen atoms in total. The van der Waals surface area contributed by atoms with Crippen LogP contribution < -0.4 is 0 Å². The minimum Gasteiger partial charge on any atom is -0.288 e. The molecule has 0 amide bonds. The highest BCUT2D eigenvalue weighted by Gasteiger charge is 2.29. The third kappa shape index (κ3) is 28.6. The van der Waals surface area contributed by atoms with Crippen molar-refractivity contribution >= 4 is 35.5 Å². The van der Waals surface area contributed by atoms with E-state index in [1.54, 1.807) is 6.92 Å². The van der Waals surface area contributed by atoms with E-state index in [4.69, 9.17) is 0 Å². The van der Waals surface area contributed by atoms with Crippen molar-refractivity contribution in [2.45, 2.75) is 188 Å². The Morgan fingerprint density at radius 1 is 0.472 bits per heavy atom. The minimum atomic E-state index is -0.193. The number of unbranched alkanes of at least 4 members (excludes halogenated alkanes) is 20. The van der Waals surface area contributed by atoms with Gasteiger partial charge in [-0.05, 0) is 12.8 Å². The second kappa shape index (κ2) is 29.6. The summed E-state index contributed by atoms with van der Waals surface area (Å²) in [6, 6.07) is 0. The molecule has 0 aromatic rings. The van der Waals surface area contributed by atoms with Crippen LogP contribution in [0.15, 0.2) is 0 Å². The predicted octanol–water partition coefficient (Wildman–Crippen LogP) is 11.7. The molecule has 0 radical (unpaired) electrons. The van der Waals surface area contributed by atoms with E-state index in [0.717, 1.165) is 12.8 Å². The smallest absolute Gasteiger partial charge is 0.191 e. The van der Waals surface area contributed by atoms with Crippen molar-refractivity contribution in [1.82, 2.24) is 0 Å². The first-order chi connectivity index (χ1) is 17.3. The molecular weight excluding hydrogens is 480 g/mol. The van der Waals surface area contributed by atoms with Gasteiger partial charge in [0.05, 0.1) is 0 Å². The van der Waals surface area contributed by atoms with E-state index < -0.39 is 0 Å². The van der Waals surface area contributed by atoms with Gasteiger partial charge in [0.2, 0.25) is 0 Å². The second-order valence-corrected chi connectivity index (χ2v) is 12.1. The van der Waals surface area contributed by atoms with E-state index in [0.29, 0.717) is 6.42 Å². The number of carbonyl (C=O) groups is 2. The Labute approximate surface area is 238 Å². The highest BCUT2D eigenvalue weighted by atomic mass is 32.1. The normalized spacial score (nSPS) is 11.3. The number of carbonyl (C=O) groups excluding carboxylic acids is 2. The Morgan fingerprint density at radius 3 is 0.889 bits per heavy atom. The number of hydrogen-bond donors (Lipinski definition) is 2. The molecule has 4 heteroatoms. The lowest BCUT2D eigenvalue weighted by Gasteiger charge is -2.26. The fourth-order valence-corrected chi connectivity index (χ4v) is 4.92. The van der Waals surface area contributed by atoms with E-state index in [1.807, 2.05) is 0 Å². The maximum Gasteiger partial charge on any atom is 0.191 e. The van der Waals surface area contributed by atoms with Gasteiger partial charge in [-0.3, -0.25) is 9.59 Å². The molecule has 0 bridgehead atoms. The van der Waals surface area contributed by atoms with Crippen molar-refractivity contribution in [3.63, 3.8) is 0 Å². The van der Waals surface area contributed by atoms with Crippen LogP contribution in [-0.4, -0.2) is 10.2 Å². The number of thiol groups is 2. The Hall–Kier alpha value is 0.0400. The van der Waals surface area contributed by atoms with Gasteiger partial charge in [-0.25, -0.2) is 0 Å². The monoisotopic (exact) mass is 544 g/mol. The first-order valence-electron chi connectivity index (χ1n) is 15.8. The van der Waals surface area contributed by atoms with Gasteiger partial charge >= 0.3 is 0 Å². The van der Waals surface area contributed by atoms with Crippen LogP contribution in [0, 0.1) is 5.41 Å². The zero-order valence-corrected chi connectivity index (χ0v) is 26.7. The predicted molar refractivity (Wildman–Crippen MR) is 169 cm³/mol. The van der Waals surface area contributed by atoms with Crippen LogP contribution in [0.5, 0.6) is 0 Å². The highest BCUT2D eigenvalue weighted by molar-refractivity contribution is 7.96. The van der Waals surface area contributed by atoms with E-state index in [2.05, 4.69) is 46.0 Å². The zero-order chi connectivity index (χ0) is 27.3. The van der Waals surface area contributed by atoms with Crippen LogP contribution in [0.4, 0.5) is 0 Å². The summed E-state index contributed by atoms with van der Waals surface area (Å²) in [5, 5.41) is 0.0664. The third-order valence-corrected chi connectivity index (χ3v) is 8.34. The van der Waals surface area contributed by atoms with Gasteiger partial charge in [0.15, 0.2) is 10.2 Å². The molecule has 0 unspecified atom stereocenters. The summed E-state index contributed by atoms with van der Waals surface area (Å²) >= 11 is 7.71. The molecule has 0 spiro atoms. The summed E-state index contributed by atoms with van der Waals surface area (Å²) in [5.74, 6) is 0. The molecule has 0 fully saturated rings. The molecule has 0 N–H and O–H groups in total. The molecule has 0 aromatic heterocycles. The quantitative estimate of drug-likeness (QED) is 0.0838. The van der Waals surface area contributed by atoms with Crippen LogP contribution in [-0.2, 0) is 9.59 Å². The minimum absolute atomic E-state index is 0.0509. The Balaban J connectivity index is 0. The van der Waals surface area contributed by atoms with Gasteiger partial charge in [-0.1, -0.05) is 169 Å². The first-order valence-corrected chi connectivity index (χ1v) is 16.7. The molecule has 0 atom stereocenters. The van der Waals surface area contributed by atoms with E-state index in [1.165, 1.54) is 141 Å². The fourth-order valence-electron chi connectivity index (χ4n) is 4.70. The number of hydrogen-bond acceptors (Lipinski definition) is 2. The summed E-state index contributed by atoms with van der Waals surface area (Å²) in [5.41, 5.74) is -0.193. The van der Waals surface area contributed by atoms with Crippen molar-refractivity contribution in [1.29, 1.82) is 0 Å². The van der Waals surface area contributed by atoms with E-state index in [9.17, 15) is 9.59 Å². The van der Waals surface area contributed by atoms with Crippen LogP contribution in [0.3, 0.4) is 0 Å². The molecule has 0 aliphatic heterocycles. The Morgan fingerprint density at radius 2 is 0.694 bits per heavy atom. The van der Waals surface area contributed by atoms with Gasteiger partial charge in [0.1, 0.15) is 0 Å². The summed E-state index contributed by atoms with van der Waals surface area (Å²) in [6.07, 6.45) is 32.6. The largest absolute Gasteiger partial charge is 0.288 e. The van der Waals surface area contributed by atoms with Crippen LogP contribution in [0.1, 0.15) is 188 Å². The van der Waals surface area contributed by atoms with Crippen LogP contribution in [0.2, 0.25) is 0 Å². The summed E-state index contributed by atoms with van der Waals surface area (Å²) in [4.78, 5) is 21.8. The highest BCUT2D eigenvalue weighted by Crippen LogP contribution is 2.33. The molecule has 0 aliphatic rings. The van der Waals surface area contributed by atoms with E-state index in [-0.39, 0.29) is 15.6 Å². The molecule has 0 aromatic carbocycles. The van der Waals surface area contributed by atoms with Crippen LogP contribution in [0.25, 0.3) is 0 Å². The Kier molecular flexibility index (Phi) is 31.4. The van der Waals surface area contributed by atoms with Crippen molar-refractivity contribution < 1.29 is 9.59 Å². The standard InChI is InChI=1S/C29H58OS.C3H6OS/c1-4-6-8-10-12-14-16-18-20-22-24-26-29(3,28(30)31)27-25-23-21-19-17-15-13-11-9-7-5-2;1-2-3(4)5/h4-27H2,1-3H3,(H,30,31);2H2,1H3,(H,4,5). The molecule has 0 heterocycles. The molecule has 216 valence electrons. The SMILES string of the molecule is CCC(=O)S.CCCCCCCCCCCCCC(C)(CCCCCCCCCCCCC)C(=O)S. The number of rotatable bonds is 26. The zero-order valence-electron chi connectivity index (χ0n) is 24.9. The molecular formula is C32H64O2S2. The lowest BCUT2D eigenvalue weighted by Crippen LogP contribution is -2.24. The maximum atomic E-state index is 12.2. The molecule has 0 aliphatic carbocycles. The summed E-state index contributed by atoms with van der Waals surface area (Å²) in [6.45, 7) is 8.50. The van der Waals surface area contributed by atoms with Gasteiger partial charge < -0.3 is 0 Å². The lowest BCUT2D eigenvalue weighted by molar-refractivity contribution is -0.119. The molecule has 36 heavy (non-hydrogen) atoms. The van der Waals surface area contributed by atoms with Gasteiger partial charge in [0.25, 0.3) is 0 Å². The average Bonchev–Trinajstić information content (AvgIpc) is 2.86. The Bertz CT molecular complexity index is 453. The van der Waals surface area contributed by atoms with Crippen LogP contribution >= 0.6 is 25.3 Å². The third-order valence-electron chi connectivity index (χ3n) is 7.48. The summed E-state index contributed by atoms with van der Waals surface area (Å²) in [7, 11) is 0. The topological polar surface area (TPSA) is 34.1 Å². The van der Waals surface area contributed by atoms with Crippen molar-refractivity contribution in [3.8, 4) is 0 Å². The fraction of sp³-hybridized carbons (Fsp3) is 0.938. The van der Waals surface area contributed by atoms with Crippen molar-refractivity contribution in [2.24, 2.45) is 5.41 Å². The second-order valence-electron chi connectivity index (χ2n) is 11.2. The van der Waals surface area contributed by atoms with Crippen molar-refractivity contribution in [3.05, 3.63) is 0 Å². The average molecular weight is 545 g/mol. The van der Waals surface area contributed by atoms with Gasteiger partial charge in [-0.2, -0.15) is 0 Å². The molecule has 0 saturated carbocycles. The van der Waals surface area contributed by atoms with Gasteiger partial charge in [0, 0.05) is 11.8 Å². The lowest BCUT2D eigenvalue weighted by atomic mass is 9.81. The van der Waals surface area contributed by atoms with Gasteiger partial charge in [-0.15, -0.1) is 25.3 Å². The first kappa shape index (κ1) is 38.2. The van der Waals surface area contributed by atoms with Crippen molar-refractivity contribution in [2.75, 3.05) is 0 Å². The molecule has 0 saturated heterocycles.